The van der Waals surface area contributed by atoms with E-state index in [-0.39, 0.29) is 18.4 Å². The van der Waals surface area contributed by atoms with E-state index in [1.807, 2.05) is 13.8 Å². The summed E-state index contributed by atoms with van der Waals surface area (Å²) in [5.74, 6) is -1.95. The van der Waals surface area contributed by atoms with Crippen LogP contribution in [0.2, 0.25) is 10.0 Å². The van der Waals surface area contributed by atoms with E-state index in [0.29, 0.717) is 32.3 Å². The van der Waals surface area contributed by atoms with Gasteiger partial charge in [-0.2, -0.15) is 0 Å². The Morgan fingerprint density at radius 3 is 2.23 bits per heavy atom. The third-order valence-corrected chi connectivity index (χ3v) is 6.28. The van der Waals surface area contributed by atoms with E-state index in [0.717, 1.165) is 5.52 Å². The van der Waals surface area contributed by atoms with Crippen molar-refractivity contribution >= 4 is 46.0 Å². The van der Waals surface area contributed by atoms with Crippen LogP contribution in [0.3, 0.4) is 0 Å². The number of carbonyl (C=O) groups is 2. The topological polar surface area (TPSA) is 91.6 Å². The predicted molar refractivity (Wildman–Crippen MR) is 122 cm³/mol. The zero-order valence-electron chi connectivity index (χ0n) is 17.4. The number of aliphatic carboxylic acids is 1. The lowest BCUT2D eigenvalue weighted by Gasteiger charge is -2.20. The van der Waals surface area contributed by atoms with Crippen LogP contribution in [0.4, 0.5) is 0 Å². The van der Waals surface area contributed by atoms with Crippen LogP contribution in [0, 0.1) is 5.92 Å². The normalized spacial score (nSPS) is 13.4. The molecule has 3 N–H and O–H groups in total. The Morgan fingerprint density at radius 2 is 1.68 bits per heavy atom. The first-order chi connectivity index (χ1) is 14.6. The number of amides is 1. The maximum atomic E-state index is 12.9. The number of hydrogen-bond donors (Lipinski definition) is 3. The highest BCUT2D eigenvalue weighted by molar-refractivity contribution is 6.45. The smallest absolute Gasteiger partial charge is 0.311 e. The van der Waals surface area contributed by atoms with Gasteiger partial charge in [-0.25, -0.2) is 0 Å². The molecule has 164 valence electrons. The number of carbonyl (C=O) groups excluding carboxylic acids is 1. The van der Waals surface area contributed by atoms with E-state index >= 15 is 0 Å². The summed E-state index contributed by atoms with van der Waals surface area (Å²) in [6.45, 7) is 3.40. The Hall–Kier alpha value is -2.54. The van der Waals surface area contributed by atoms with E-state index < -0.39 is 17.9 Å². The van der Waals surface area contributed by atoms with Gasteiger partial charge in [0.15, 0.2) is 0 Å². The van der Waals surface area contributed by atoms with Gasteiger partial charge in [0.05, 0.1) is 28.6 Å². The highest BCUT2D eigenvalue weighted by atomic mass is 35.5. The van der Waals surface area contributed by atoms with Crippen molar-refractivity contribution in [2.45, 2.75) is 25.8 Å². The molecule has 0 fully saturated rings. The number of fused-ring (bicyclic) bond motifs is 1. The molecule has 0 bridgehead atoms. The highest BCUT2D eigenvalue weighted by Gasteiger charge is 2.24. The molecule has 8 heteroatoms. The summed E-state index contributed by atoms with van der Waals surface area (Å²) in [7, 11) is 1.75. The van der Waals surface area contributed by atoms with Crippen molar-refractivity contribution in [3.63, 3.8) is 0 Å². The van der Waals surface area contributed by atoms with Gasteiger partial charge in [-0.15, -0.1) is 0 Å². The van der Waals surface area contributed by atoms with Crippen molar-refractivity contribution < 1.29 is 19.8 Å². The minimum atomic E-state index is -0.885. The summed E-state index contributed by atoms with van der Waals surface area (Å²) < 4.78 is 1.71. The number of hydrogen-bond acceptors (Lipinski definition) is 3. The molecule has 6 nitrogen and oxygen atoms in total. The quantitative estimate of drug-likeness (QED) is 0.471. The molecule has 1 aromatic heterocycles. The summed E-state index contributed by atoms with van der Waals surface area (Å²) in [6.07, 6.45) is 0. The fourth-order valence-electron chi connectivity index (χ4n) is 3.78. The fraction of sp³-hybridized carbons (Fsp3) is 0.304. The number of benzene rings is 2. The third kappa shape index (κ3) is 4.56. The molecule has 2 aromatic carbocycles. The molecule has 31 heavy (non-hydrogen) atoms. The maximum absolute atomic E-state index is 12.9. The minimum absolute atomic E-state index is 0.0662. The van der Waals surface area contributed by atoms with Crippen LogP contribution in [-0.4, -0.2) is 33.3 Å². The van der Waals surface area contributed by atoms with E-state index in [1.165, 1.54) is 0 Å². The molecule has 0 saturated carbocycles. The zero-order chi connectivity index (χ0) is 22.9. The van der Waals surface area contributed by atoms with Crippen LogP contribution in [0.1, 0.15) is 47.4 Å². The molecular formula is C23H24Cl2N2O4. The molecule has 0 aliphatic carbocycles. The van der Waals surface area contributed by atoms with Gasteiger partial charge in [0.25, 0.3) is 5.91 Å². The number of halogens is 2. The molecule has 0 radical (unpaired) electrons. The zero-order valence-corrected chi connectivity index (χ0v) is 18.9. The first kappa shape index (κ1) is 23.1. The maximum Gasteiger partial charge on any atom is 0.311 e. The molecular weight excluding hydrogens is 439 g/mol. The van der Waals surface area contributed by atoms with Crippen molar-refractivity contribution in [2.75, 3.05) is 6.61 Å². The average molecular weight is 463 g/mol. The van der Waals surface area contributed by atoms with Gasteiger partial charge >= 0.3 is 5.97 Å². The molecule has 0 aliphatic heterocycles. The van der Waals surface area contributed by atoms with E-state index in [9.17, 15) is 19.8 Å². The average Bonchev–Trinajstić information content (AvgIpc) is 3.06. The Labute approximate surface area is 190 Å². The number of nitrogens with one attached hydrogen (secondary N) is 1. The van der Waals surface area contributed by atoms with Gasteiger partial charge in [0.2, 0.25) is 0 Å². The van der Waals surface area contributed by atoms with Gasteiger partial charge in [-0.3, -0.25) is 9.59 Å². The highest BCUT2D eigenvalue weighted by Crippen LogP contribution is 2.33. The Morgan fingerprint density at radius 1 is 1.06 bits per heavy atom. The lowest BCUT2D eigenvalue weighted by molar-refractivity contribution is -0.139. The standard InChI is InChI=1S/C23H24Cl2N2O4/c1-12(2)20(23(30)31)14-6-4-13(5-7-14)17(11-28)26-22(29)19-10-15-18(27(19)3)9-8-16(24)21(15)25/h4-10,12,17,20,28H,11H2,1-3H3,(H,26,29)(H,30,31)/t17-,20-/m1/s1. The largest absolute Gasteiger partial charge is 0.481 e. The van der Waals surface area contributed by atoms with Gasteiger partial charge in [0, 0.05) is 18.0 Å². The second kappa shape index (κ2) is 9.30. The van der Waals surface area contributed by atoms with Crippen LogP contribution in [-0.2, 0) is 11.8 Å². The number of aromatic nitrogens is 1. The lowest BCUT2D eigenvalue weighted by atomic mass is 9.88. The predicted octanol–water partition coefficient (Wildman–Crippen LogP) is 4.77. The van der Waals surface area contributed by atoms with Crippen molar-refractivity contribution in [2.24, 2.45) is 13.0 Å². The SMILES string of the molecule is CC(C)[C@@H](C(=O)O)c1ccc([C@@H](CO)NC(=O)c2cc3c(Cl)c(Cl)ccc3n2C)cc1. The monoisotopic (exact) mass is 462 g/mol. The molecule has 1 amide bonds. The first-order valence-corrected chi connectivity index (χ1v) is 10.6. The van der Waals surface area contributed by atoms with E-state index in [4.69, 9.17) is 23.2 Å². The van der Waals surface area contributed by atoms with Crippen LogP contribution in [0.15, 0.2) is 42.5 Å². The van der Waals surface area contributed by atoms with Crippen molar-refractivity contribution in [3.05, 3.63) is 69.3 Å². The van der Waals surface area contributed by atoms with Crippen LogP contribution in [0.5, 0.6) is 0 Å². The van der Waals surface area contributed by atoms with Gasteiger partial charge in [-0.05, 0) is 35.2 Å². The van der Waals surface area contributed by atoms with E-state index in [2.05, 4.69) is 5.32 Å². The lowest BCUT2D eigenvalue weighted by Crippen LogP contribution is -2.32. The molecule has 0 spiro atoms. The second-order valence-corrected chi connectivity index (χ2v) is 8.60. The number of rotatable bonds is 7. The number of aliphatic hydroxyl groups is 1. The van der Waals surface area contributed by atoms with Crippen molar-refractivity contribution in [3.8, 4) is 0 Å². The summed E-state index contributed by atoms with van der Waals surface area (Å²) >= 11 is 12.3. The fourth-order valence-corrected chi connectivity index (χ4v) is 4.16. The number of aryl methyl sites for hydroxylation is 1. The molecule has 0 saturated heterocycles. The molecule has 2 atom stereocenters. The van der Waals surface area contributed by atoms with Crippen LogP contribution >= 0.6 is 23.2 Å². The number of aliphatic hydroxyl groups excluding tert-OH is 1. The molecule has 0 aliphatic rings. The van der Waals surface area contributed by atoms with Crippen molar-refractivity contribution in [1.29, 1.82) is 0 Å². The van der Waals surface area contributed by atoms with Crippen LogP contribution in [0.25, 0.3) is 10.9 Å². The summed E-state index contributed by atoms with van der Waals surface area (Å²) in [5, 5.41) is 23.6. The second-order valence-electron chi connectivity index (χ2n) is 7.82. The molecule has 1 heterocycles. The summed E-state index contributed by atoms with van der Waals surface area (Å²) in [4.78, 5) is 24.5. The number of carboxylic acids is 1. The van der Waals surface area contributed by atoms with Gasteiger partial charge < -0.3 is 20.1 Å². The van der Waals surface area contributed by atoms with Gasteiger partial charge in [-0.1, -0.05) is 61.3 Å². The molecule has 0 unspecified atom stereocenters. The molecule has 3 aromatic rings. The first-order valence-electron chi connectivity index (χ1n) is 9.83. The van der Waals surface area contributed by atoms with Crippen LogP contribution < -0.4 is 5.32 Å². The Kier molecular flexibility index (Phi) is 6.94. The number of nitrogens with zero attached hydrogens (tertiary/aromatic N) is 1. The summed E-state index contributed by atoms with van der Waals surface area (Å²) in [6, 6.07) is 11.4. The Bertz CT molecular complexity index is 1120. The number of carboxylic acid groups (broad SMARTS) is 1. The minimum Gasteiger partial charge on any atom is -0.481 e. The third-order valence-electron chi connectivity index (χ3n) is 5.46. The Balaban J connectivity index is 1.85. The van der Waals surface area contributed by atoms with Gasteiger partial charge in [0.1, 0.15) is 5.69 Å². The van der Waals surface area contributed by atoms with Crippen molar-refractivity contribution in [1.82, 2.24) is 9.88 Å². The summed E-state index contributed by atoms with van der Waals surface area (Å²) in [5.41, 5.74) is 2.49. The molecule has 3 rings (SSSR count). The van der Waals surface area contributed by atoms with E-state index in [1.54, 1.807) is 54.1 Å².